The van der Waals surface area contributed by atoms with Gasteiger partial charge in [0.05, 0.1) is 9.21 Å². The highest BCUT2D eigenvalue weighted by molar-refractivity contribution is 7.18. The highest BCUT2D eigenvalue weighted by atomic mass is 35.5. The van der Waals surface area contributed by atoms with E-state index in [1.165, 1.54) is 12.1 Å². The van der Waals surface area contributed by atoms with E-state index in [0.717, 1.165) is 11.3 Å². The fourth-order valence-corrected chi connectivity index (χ4v) is 2.41. The minimum absolute atomic E-state index is 0.240. The molecule has 5 heteroatoms. The van der Waals surface area contributed by atoms with Gasteiger partial charge < -0.3 is 5.73 Å². The third-order valence-corrected chi connectivity index (χ3v) is 3.67. The van der Waals surface area contributed by atoms with Crippen molar-refractivity contribution in [2.75, 3.05) is 5.73 Å². The molecule has 0 atom stereocenters. The molecule has 2 N–H and O–H groups in total. The maximum atomic E-state index is 13.5. The summed E-state index contributed by atoms with van der Waals surface area (Å²) in [6, 6.07) is 5.92. The average molecular weight is 270 g/mol. The Kier molecular flexibility index (Phi) is 3.17. The van der Waals surface area contributed by atoms with Crippen LogP contribution in [0.1, 0.15) is 20.8 Å². The third kappa shape index (κ3) is 2.33. The number of benzene rings is 1. The molecular formula is C12H9ClFNOS. The molecule has 1 aromatic carbocycles. The molecule has 0 fully saturated rings. The maximum Gasteiger partial charge on any atom is 0.203 e. The van der Waals surface area contributed by atoms with Gasteiger partial charge in [0.1, 0.15) is 5.82 Å². The fourth-order valence-electron chi connectivity index (χ4n) is 1.41. The fraction of sp³-hybridized carbons (Fsp3) is 0.0833. The second-order valence-corrected chi connectivity index (χ2v) is 5.32. The van der Waals surface area contributed by atoms with Crippen LogP contribution in [0.5, 0.6) is 0 Å². The quantitative estimate of drug-likeness (QED) is 0.668. The number of carbonyl (C=O) groups excluding carboxylic acids is 1. The highest BCUT2D eigenvalue weighted by Gasteiger charge is 2.14. The lowest BCUT2D eigenvalue weighted by molar-refractivity contribution is 0.104. The van der Waals surface area contributed by atoms with Crippen molar-refractivity contribution in [1.29, 1.82) is 0 Å². The van der Waals surface area contributed by atoms with Gasteiger partial charge in [0.25, 0.3) is 0 Å². The van der Waals surface area contributed by atoms with E-state index in [9.17, 15) is 9.18 Å². The molecular weight excluding hydrogens is 261 g/mol. The van der Waals surface area contributed by atoms with Gasteiger partial charge >= 0.3 is 0 Å². The Morgan fingerprint density at radius 3 is 2.65 bits per heavy atom. The van der Waals surface area contributed by atoms with Crippen LogP contribution in [0.25, 0.3) is 0 Å². The number of hydrogen-bond donors (Lipinski definition) is 1. The molecule has 0 aliphatic rings. The lowest BCUT2D eigenvalue weighted by Crippen LogP contribution is -2.03. The molecule has 0 bridgehead atoms. The van der Waals surface area contributed by atoms with Gasteiger partial charge in [-0.25, -0.2) is 4.39 Å². The minimum Gasteiger partial charge on any atom is -0.398 e. The van der Waals surface area contributed by atoms with Crippen LogP contribution < -0.4 is 5.73 Å². The number of nitrogens with two attached hydrogens (primary N) is 1. The Labute approximate surface area is 107 Å². The van der Waals surface area contributed by atoms with Crippen LogP contribution in [0.3, 0.4) is 0 Å². The van der Waals surface area contributed by atoms with Crippen LogP contribution >= 0.6 is 22.9 Å². The van der Waals surface area contributed by atoms with Crippen molar-refractivity contribution >= 4 is 34.4 Å². The zero-order valence-electron chi connectivity index (χ0n) is 8.96. The average Bonchev–Trinajstić information content (AvgIpc) is 2.71. The van der Waals surface area contributed by atoms with Crippen molar-refractivity contribution in [2.45, 2.75) is 6.92 Å². The number of carbonyl (C=O) groups is 1. The number of hydrogen-bond acceptors (Lipinski definition) is 3. The molecule has 0 radical (unpaired) electrons. The highest BCUT2D eigenvalue weighted by Crippen LogP contribution is 2.26. The Morgan fingerprint density at radius 2 is 2.12 bits per heavy atom. The van der Waals surface area contributed by atoms with Crippen molar-refractivity contribution in [2.24, 2.45) is 0 Å². The molecule has 0 saturated heterocycles. The van der Waals surface area contributed by atoms with Crippen molar-refractivity contribution in [3.8, 4) is 0 Å². The largest absolute Gasteiger partial charge is 0.398 e. The molecule has 1 aromatic heterocycles. The summed E-state index contributed by atoms with van der Waals surface area (Å²) in [6.07, 6.45) is 0. The van der Waals surface area contributed by atoms with Crippen LogP contribution in [0.15, 0.2) is 24.3 Å². The maximum absolute atomic E-state index is 13.5. The van der Waals surface area contributed by atoms with Crippen molar-refractivity contribution in [1.82, 2.24) is 0 Å². The van der Waals surface area contributed by atoms with Gasteiger partial charge in [0.15, 0.2) is 0 Å². The summed E-state index contributed by atoms with van der Waals surface area (Å²) < 4.78 is 14.0. The van der Waals surface area contributed by atoms with Crippen LogP contribution in [-0.4, -0.2) is 5.78 Å². The molecule has 0 unspecified atom stereocenters. The summed E-state index contributed by atoms with van der Waals surface area (Å²) >= 11 is 6.91. The lowest BCUT2D eigenvalue weighted by Gasteiger charge is -2.04. The molecule has 88 valence electrons. The number of anilines is 1. The van der Waals surface area contributed by atoms with Gasteiger partial charge in [-0.1, -0.05) is 11.6 Å². The molecule has 2 rings (SSSR count). The van der Waals surface area contributed by atoms with Gasteiger partial charge in [-0.15, -0.1) is 11.3 Å². The Morgan fingerprint density at radius 1 is 1.41 bits per heavy atom. The summed E-state index contributed by atoms with van der Waals surface area (Å²) in [6.45, 7) is 1.57. The Bertz CT molecular complexity index is 571. The molecule has 0 spiro atoms. The van der Waals surface area contributed by atoms with Crippen LogP contribution in [0, 0.1) is 12.7 Å². The second kappa shape index (κ2) is 4.47. The number of thiophene rings is 1. The van der Waals surface area contributed by atoms with Crippen LogP contribution in [0.4, 0.5) is 10.1 Å². The number of ketones is 1. The molecule has 0 saturated carbocycles. The first-order chi connectivity index (χ1) is 7.99. The number of nitrogen functional groups attached to an aromatic ring is 1. The Hall–Kier alpha value is -1.39. The van der Waals surface area contributed by atoms with Gasteiger partial charge in [-0.05, 0) is 31.2 Å². The summed E-state index contributed by atoms with van der Waals surface area (Å²) in [4.78, 5) is 12.5. The summed E-state index contributed by atoms with van der Waals surface area (Å²) in [5.74, 6) is -0.747. The normalized spacial score (nSPS) is 10.5. The first-order valence-electron chi connectivity index (χ1n) is 4.84. The van der Waals surface area contributed by atoms with Gasteiger partial charge in [0.2, 0.25) is 5.78 Å². The molecule has 0 amide bonds. The summed E-state index contributed by atoms with van der Waals surface area (Å²) in [5.41, 5.74) is 6.49. The molecule has 17 heavy (non-hydrogen) atoms. The predicted octanol–water partition coefficient (Wildman–Crippen LogP) is 3.66. The number of rotatable bonds is 2. The van der Waals surface area contributed by atoms with Gasteiger partial charge in [-0.2, -0.15) is 0 Å². The zero-order valence-corrected chi connectivity index (χ0v) is 10.5. The molecule has 2 aromatic rings. The van der Waals surface area contributed by atoms with Gasteiger partial charge in [0, 0.05) is 16.8 Å². The molecule has 1 heterocycles. The minimum atomic E-state index is -0.476. The number of halogens is 2. The summed E-state index contributed by atoms with van der Waals surface area (Å²) in [5, 5.41) is 0. The van der Waals surface area contributed by atoms with E-state index in [-0.39, 0.29) is 17.0 Å². The summed E-state index contributed by atoms with van der Waals surface area (Å²) in [7, 11) is 0. The SMILES string of the molecule is Cc1c(N)cc(C(=O)c2ccc(Cl)s2)cc1F. The van der Waals surface area contributed by atoms with E-state index in [4.69, 9.17) is 17.3 Å². The Balaban J connectivity index is 2.44. The molecule has 0 aliphatic heterocycles. The van der Waals surface area contributed by atoms with E-state index in [2.05, 4.69) is 0 Å². The topological polar surface area (TPSA) is 43.1 Å². The first kappa shape index (κ1) is 12.1. The third-order valence-electron chi connectivity index (χ3n) is 2.44. The van der Waals surface area contributed by atoms with Crippen LogP contribution in [-0.2, 0) is 0 Å². The van der Waals surface area contributed by atoms with Crippen molar-refractivity contribution < 1.29 is 9.18 Å². The molecule has 0 aliphatic carbocycles. The van der Waals surface area contributed by atoms with Crippen molar-refractivity contribution in [3.05, 3.63) is 50.4 Å². The second-order valence-electron chi connectivity index (χ2n) is 3.61. The van der Waals surface area contributed by atoms with Gasteiger partial charge in [-0.3, -0.25) is 4.79 Å². The van der Waals surface area contributed by atoms with E-state index < -0.39 is 5.82 Å². The van der Waals surface area contributed by atoms with E-state index in [1.54, 1.807) is 19.1 Å². The monoisotopic (exact) mass is 269 g/mol. The predicted molar refractivity (Wildman–Crippen MR) is 68.3 cm³/mol. The smallest absolute Gasteiger partial charge is 0.203 e. The lowest BCUT2D eigenvalue weighted by atomic mass is 10.1. The van der Waals surface area contributed by atoms with E-state index in [0.29, 0.717) is 14.8 Å². The first-order valence-corrected chi connectivity index (χ1v) is 6.04. The van der Waals surface area contributed by atoms with Crippen LogP contribution in [0.2, 0.25) is 4.34 Å². The van der Waals surface area contributed by atoms with Crippen molar-refractivity contribution in [3.63, 3.8) is 0 Å². The molecule has 2 nitrogen and oxygen atoms in total. The zero-order chi connectivity index (χ0) is 12.6. The van der Waals surface area contributed by atoms with E-state index >= 15 is 0 Å². The van der Waals surface area contributed by atoms with E-state index in [1.807, 2.05) is 0 Å². The standard InChI is InChI=1S/C12H9ClFNOS/c1-6-8(14)4-7(5-9(6)15)12(16)10-2-3-11(13)17-10/h2-5H,15H2,1H3.